The van der Waals surface area contributed by atoms with Gasteiger partial charge in [-0.3, -0.25) is 47.8 Å². The maximum absolute atomic E-state index is 14.9. The predicted octanol–water partition coefficient (Wildman–Crippen LogP) is 13.4. The molecule has 612 valence electrons. The highest BCUT2D eigenvalue weighted by Gasteiger charge is 2.65. The summed E-state index contributed by atoms with van der Waals surface area (Å²) in [5.74, 6) is -3.80. The first-order valence-corrected chi connectivity index (χ1v) is 43.4. The molecule has 2 N–H and O–H groups in total. The maximum atomic E-state index is 14.9. The fraction of sp³-hybridized carbons (Fsp3) is 0.651. The smallest absolute Gasteiger partial charge is 0.307 e. The molecule has 0 spiro atoms. The van der Waals surface area contributed by atoms with Gasteiger partial charge in [0.2, 0.25) is 55.4 Å². The summed E-state index contributed by atoms with van der Waals surface area (Å²) in [6, 6.07) is 13.0. The van der Waals surface area contributed by atoms with Crippen LogP contribution in [-0.4, -0.2) is 154 Å². The average molecular weight is 1590 g/mol. The highest BCUT2D eigenvalue weighted by Crippen LogP contribution is 2.59. The highest BCUT2D eigenvalue weighted by atomic mass is 32.2. The molecule has 4 aliphatic heterocycles. The Morgan fingerprint density at radius 1 is 0.545 bits per heavy atom. The zero-order valence-corrected chi connectivity index (χ0v) is 69.9. The Kier molecular flexibility index (Phi) is 25.1. The van der Waals surface area contributed by atoms with Crippen molar-refractivity contribution in [1.29, 1.82) is 0 Å². The molecular weight excluding hydrogens is 1470 g/mol. The molecule has 26 heteroatoms. The Hall–Kier alpha value is -8.00. The number of carbonyl (C=O) groups is 8. The Balaban J connectivity index is 0.000000221. The molecule has 12 rings (SSSR count). The second kappa shape index (κ2) is 33.1. The number of nitrogens with one attached hydrogen (secondary N) is 2. The molecule has 4 saturated carbocycles. The van der Waals surface area contributed by atoms with Gasteiger partial charge < -0.3 is 38.2 Å². The van der Waals surface area contributed by atoms with Gasteiger partial charge in [-0.2, -0.15) is 0 Å². The van der Waals surface area contributed by atoms with Crippen molar-refractivity contribution in [2.75, 3.05) is 13.1 Å². The first kappa shape index (κ1) is 84.9. The van der Waals surface area contributed by atoms with Crippen LogP contribution in [0.5, 0.6) is 23.3 Å². The number of rotatable bonds is 18. The Bertz CT molecular complexity index is 4250. The van der Waals surface area contributed by atoms with Crippen LogP contribution in [0.2, 0.25) is 0 Å². The Labute approximate surface area is 661 Å². The van der Waals surface area contributed by atoms with Crippen molar-refractivity contribution in [2.45, 2.75) is 284 Å². The number of nitrogens with zero attached hydrogens (tertiary/aromatic N) is 4. The van der Waals surface area contributed by atoms with E-state index in [1.54, 1.807) is 67.8 Å². The van der Waals surface area contributed by atoms with Crippen molar-refractivity contribution >= 4 is 88.7 Å². The van der Waals surface area contributed by atoms with Crippen molar-refractivity contribution < 1.29 is 83.6 Å². The largest absolute Gasteiger partial charge is 0.491 e. The third kappa shape index (κ3) is 20.0. The van der Waals surface area contributed by atoms with E-state index < -0.39 is 111 Å². The van der Waals surface area contributed by atoms with Gasteiger partial charge in [-0.15, -0.1) is 0 Å². The third-order valence-corrected chi connectivity index (χ3v) is 28.2. The number of benzene rings is 2. The quantitative estimate of drug-likeness (QED) is 0.0690. The number of ether oxygens (including phenoxy) is 6. The van der Waals surface area contributed by atoms with Crippen molar-refractivity contribution in [3.8, 4) is 23.3 Å². The van der Waals surface area contributed by atoms with Gasteiger partial charge in [0.05, 0.1) is 82.4 Å². The number of sulfonamides is 2. The lowest BCUT2D eigenvalue weighted by molar-refractivity contribution is -0.160. The molecule has 2 aromatic heterocycles. The Morgan fingerprint density at radius 3 is 1.25 bits per heavy atom. The molecule has 4 aliphatic carbocycles. The van der Waals surface area contributed by atoms with Crippen LogP contribution < -0.4 is 28.4 Å². The lowest BCUT2D eigenvalue weighted by Crippen LogP contribution is -2.48. The SMILES string of the molecule is CC(C)Oc1ccc2c(O[C@@H]3C[C@H]4C(=O)C[C@]5(C(=O)NS(=O)(=O)C6(C)CC6)C[C@H]5/C=C\CC[C@@H](C)C[C@@H](C)[C@H](CC(=O)OC(C)(C)C)C(=O)N4C3)nccc2c1.CC(C)Oc1ccc2c(O[C@@H]3C[C@H]4C(=O)C[C@]5(C(=O)NS(=O)(=O)C6(C)CC6)C[C@H]5/C=C\CC[C@H](C)C[C@@H](C)[C@H](CC(=O)OC(C)(C)C)C(=O)N4C3)nccc2c1. The number of aromatic nitrogens is 2. The zero-order valence-electron chi connectivity index (χ0n) is 68.3. The van der Waals surface area contributed by atoms with E-state index >= 15 is 0 Å². The molecule has 4 amide bonds. The fourth-order valence-corrected chi connectivity index (χ4v) is 19.4. The number of allylic oxidation sites excluding steroid dienone is 4. The summed E-state index contributed by atoms with van der Waals surface area (Å²) in [6.45, 7) is 30.1. The lowest BCUT2D eigenvalue weighted by Gasteiger charge is -2.32. The van der Waals surface area contributed by atoms with Crippen molar-refractivity contribution in [2.24, 2.45) is 58.2 Å². The minimum atomic E-state index is -3.95. The number of hydrogen-bond acceptors (Lipinski definition) is 20. The van der Waals surface area contributed by atoms with Gasteiger partial charge in [0.1, 0.15) is 34.9 Å². The van der Waals surface area contributed by atoms with Crippen LogP contribution in [-0.2, 0) is 67.9 Å². The summed E-state index contributed by atoms with van der Waals surface area (Å²) in [7, 11) is -7.90. The first-order valence-electron chi connectivity index (χ1n) is 40.4. The van der Waals surface area contributed by atoms with E-state index in [4.69, 9.17) is 28.4 Å². The summed E-state index contributed by atoms with van der Waals surface area (Å²) in [5, 5.41) is 3.18. The topological polar surface area (TPSA) is 317 Å². The van der Waals surface area contributed by atoms with Crippen LogP contribution in [0.25, 0.3) is 21.5 Å². The number of carbonyl (C=O) groups excluding carboxylic acids is 8. The molecule has 6 heterocycles. The summed E-state index contributed by atoms with van der Waals surface area (Å²) >= 11 is 0. The van der Waals surface area contributed by atoms with Crippen molar-refractivity contribution in [1.82, 2.24) is 29.2 Å². The Morgan fingerprint density at radius 2 is 0.911 bits per heavy atom. The molecule has 2 aromatic carbocycles. The zero-order chi connectivity index (χ0) is 81.6. The molecule has 0 bridgehead atoms. The van der Waals surface area contributed by atoms with Crippen LogP contribution in [0.3, 0.4) is 0 Å². The lowest BCUT2D eigenvalue weighted by atomic mass is 9.82. The molecule has 4 aromatic rings. The normalized spacial score (nSPS) is 30.1. The van der Waals surface area contributed by atoms with Gasteiger partial charge in [-0.1, -0.05) is 52.0 Å². The van der Waals surface area contributed by atoms with Gasteiger partial charge in [0, 0.05) is 48.8 Å². The third-order valence-electron chi connectivity index (χ3n) is 23.9. The summed E-state index contributed by atoms with van der Waals surface area (Å²) < 4.78 is 91.9. The molecule has 8 aliphatic rings. The van der Waals surface area contributed by atoms with Gasteiger partial charge in [-0.05, 0) is 255 Å². The molecule has 14 atom stereocenters. The van der Waals surface area contributed by atoms with E-state index in [1.165, 1.54) is 9.80 Å². The van der Waals surface area contributed by atoms with Gasteiger partial charge in [0.15, 0.2) is 11.6 Å². The standard InChI is InChI=1S/2C43H59N3O9S/c2*1-26(2)53-31-13-14-33-29(20-31)15-18-44-38(33)54-32-21-35-36(47)24-43(40(50)45-56(51,52)42(8)16-17-42)23-30(43)12-10-9-11-27(3)19-28(4)34(39(49)46(35)25-32)22-37(48)55-41(5,6)7/h2*10,12-15,18,20,26-28,30,32,34-35H,9,11,16-17,19,21-25H2,1-8H3,(H,45,50)/b2*12-10-/t27-,28+,30+,32+,34-,35-,43+;27-,28-,30-,32-,34+,35+,43-/m01/s1. The average Bonchev–Trinajstić information content (AvgIpc) is 1.57. The highest BCUT2D eigenvalue weighted by molar-refractivity contribution is 7.92. The monoisotopic (exact) mass is 1590 g/mol. The van der Waals surface area contributed by atoms with Gasteiger partial charge in [-0.25, -0.2) is 26.8 Å². The molecule has 0 unspecified atom stereocenters. The number of amides is 4. The van der Waals surface area contributed by atoms with Gasteiger partial charge in [0.25, 0.3) is 0 Å². The van der Waals surface area contributed by atoms with Crippen molar-refractivity contribution in [3.63, 3.8) is 0 Å². The second-order valence-electron chi connectivity index (χ2n) is 36.7. The first-order chi connectivity index (χ1) is 52.4. The molecule has 24 nitrogen and oxygen atoms in total. The van der Waals surface area contributed by atoms with E-state index in [0.29, 0.717) is 74.6 Å². The van der Waals surface area contributed by atoms with Gasteiger partial charge >= 0.3 is 11.9 Å². The fourth-order valence-electron chi connectivity index (χ4n) is 16.7. The number of ketones is 2. The molecule has 2 saturated heterocycles. The summed E-state index contributed by atoms with van der Waals surface area (Å²) in [6.07, 6.45) is 16.3. The minimum absolute atomic E-state index is 0.00701. The summed E-state index contributed by atoms with van der Waals surface area (Å²) in [4.78, 5) is 126. The predicted molar refractivity (Wildman–Crippen MR) is 424 cm³/mol. The van der Waals surface area contributed by atoms with E-state index in [9.17, 15) is 55.2 Å². The number of fused-ring (bicyclic) bond motifs is 6. The van der Waals surface area contributed by atoms with Crippen molar-refractivity contribution in [3.05, 3.63) is 85.2 Å². The second-order valence-corrected chi connectivity index (χ2v) is 41.1. The van der Waals surface area contributed by atoms with Crippen LogP contribution >= 0.6 is 0 Å². The molecule has 6 fully saturated rings. The number of esters is 2. The number of hydrogen-bond donors (Lipinski definition) is 2. The summed E-state index contributed by atoms with van der Waals surface area (Å²) in [5.41, 5.74) is -4.02. The number of pyridine rings is 2. The number of Topliss-reactive ketones (excluding diaryl/α,β-unsaturated/α-hetero) is 2. The van der Waals surface area contributed by atoms with Crippen LogP contribution in [0.1, 0.15) is 226 Å². The molecule has 112 heavy (non-hydrogen) atoms. The van der Waals surface area contributed by atoms with Crippen LogP contribution in [0.4, 0.5) is 0 Å². The van der Waals surface area contributed by atoms with E-state index in [1.807, 2.05) is 114 Å². The minimum Gasteiger partial charge on any atom is -0.491 e. The van der Waals surface area contributed by atoms with E-state index in [0.717, 1.165) is 47.2 Å². The maximum Gasteiger partial charge on any atom is 0.307 e. The van der Waals surface area contributed by atoms with E-state index in [-0.39, 0.29) is 123 Å². The van der Waals surface area contributed by atoms with Crippen LogP contribution in [0.15, 0.2) is 85.2 Å². The van der Waals surface area contributed by atoms with E-state index in [2.05, 4.69) is 33.3 Å². The molecule has 0 radical (unpaired) electrons. The molecular formula is C86H118N6O18S2. The van der Waals surface area contributed by atoms with Crippen LogP contribution in [0, 0.1) is 58.2 Å².